The lowest BCUT2D eigenvalue weighted by molar-refractivity contribution is -0.123. The number of amides is 2. The first-order valence-electron chi connectivity index (χ1n) is 6.63. The molecule has 0 saturated heterocycles. The summed E-state index contributed by atoms with van der Waals surface area (Å²) in [6.45, 7) is 3.05. The van der Waals surface area contributed by atoms with Crippen LogP contribution in [0.5, 0.6) is 0 Å². The zero-order chi connectivity index (χ0) is 16.8. The minimum Gasteiger partial charge on any atom is -0.346 e. The van der Waals surface area contributed by atoms with E-state index in [0.717, 1.165) is 0 Å². The fraction of sp³-hybridized carbons (Fsp3) is 0.385. The van der Waals surface area contributed by atoms with E-state index in [1.807, 2.05) is 0 Å². The van der Waals surface area contributed by atoms with Crippen molar-refractivity contribution in [2.45, 2.75) is 24.8 Å². The van der Waals surface area contributed by atoms with Crippen molar-refractivity contribution in [3.8, 4) is 0 Å². The monoisotopic (exact) mass is 328 g/mol. The lowest BCUT2D eigenvalue weighted by atomic mass is 10.3. The van der Waals surface area contributed by atoms with Gasteiger partial charge in [0.2, 0.25) is 21.8 Å². The van der Waals surface area contributed by atoms with Gasteiger partial charge >= 0.3 is 0 Å². The van der Waals surface area contributed by atoms with Crippen LogP contribution in [0.3, 0.4) is 0 Å². The average molecular weight is 328 g/mol. The average Bonchev–Trinajstić information content (AvgIpc) is 2.44. The van der Waals surface area contributed by atoms with Gasteiger partial charge in [-0.25, -0.2) is 13.1 Å². The zero-order valence-corrected chi connectivity index (χ0v) is 13.2. The first-order valence-corrected chi connectivity index (χ1v) is 8.12. The largest absolute Gasteiger partial charge is 0.346 e. The van der Waals surface area contributed by atoms with E-state index in [9.17, 15) is 18.0 Å². The number of nitrogens with one attached hydrogen (secondary N) is 3. The SMILES string of the molecule is CC(C)NS(=O)(=O)c1ccc(NC(=O)CNC(=O)CN)cc1. The molecule has 5 N–H and O–H groups in total. The first-order chi connectivity index (χ1) is 10.2. The smallest absolute Gasteiger partial charge is 0.243 e. The Balaban J connectivity index is 2.65. The predicted octanol–water partition coefficient (Wildman–Crippen LogP) is -0.613. The van der Waals surface area contributed by atoms with Crippen molar-refractivity contribution in [3.63, 3.8) is 0 Å². The van der Waals surface area contributed by atoms with Crippen molar-refractivity contribution in [3.05, 3.63) is 24.3 Å². The van der Waals surface area contributed by atoms with E-state index in [2.05, 4.69) is 15.4 Å². The molecule has 0 unspecified atom stereocenters. The number of hydrogen-bond acceptors (Lipinski definition) is 5. The molecule has 0 saturated carbocycles. The van der Waals surface area contributed by atoms with Gasteiger partial charge in [-0.3, -0.25) is 9.59 Å². The molecule has 0 radical (unpaired) electrons. The molecule has 22 heavy (non-hydrogen) atoms. The summed E-state index contributed by atoms with van der Waals surface area (Å²) in [5.74, 6) is -0.867. The lowest BCUT2D eigenvalue weighted by Crippen LogP contribution is -2.36. The maximum atomic E-state index is 11.9. The Kier molecular flexibility index (Phi) is 6.47. The number of nitrogens with two attached hydrogens (primary N) is 1. The summed E-state index contributed by atoms with van der Waals surface area (Å²) in [6.07, 6.45) is 0. The topological polar surface area (TPSA) is 130 Å². The lowest BCUT2D eigenvalue weighted by Gasteiger charge is -2.10. The first kappa shape index (κ1) is 18.1. The molecule has 1 aromatic rings. The highest BCUT2D eigenvalue weighted by Gasteiger charge is 2.15. The molecule has 0 aliphatic heterocycles. The molecule has 0 aliphatic rings. The van der Waals surface area contributed by atoms with Gasteiger partial charge in [-0.15, -0.1) is 0 Å². The van der Waals surface area contributed by atoms with Crippen LogP contribution in [0.15, 0.2) is 29.2 Å². The molecule has 9 heteroatoms. The number of anilines is 1. The number of carbonyl (C=O) groups is 2. The number of rotatable bonds is 7. The second-order valence-electron chi connectivity index (χ2n) is 4.83. The molecule has 0 atom stereocenters. The van der Waals surface area contributed by atoms with Gasteiger partial charge in [0.15, 0.2) is 0 Å². The van der Waals surface area contributed by atoms with E-state index < -0.39 is 21.8 Å². The van der Waals surface area contributed by atoms with E-state index in [1.54, 1.807) is 13.8 Å². The molecule has 0 heterocycles. The van der Waals surface area contributed by atoms with Gasteiger partial charge in [-0.05, 0) is 38.1 Å². The Morgan fingerprint density at radius 2 is 1.73 bits per heavy atom. The molecule has 0 aliphatic carbocycles. The van der Waals surface area contributed by atoms with Crippen LogP contribution in [0.25, 0.3) is 0 Å². The molecule has 0 spiro atoms. The molecule has 0 bridgehead atoms. The molecule has 122 valence electrons. The van der Waals surface area contributed by atoms with Crippen molar-refractivity contribution in [2.24, 2.45) is 5.73 Å². The highest BCUT2D eigenvalue weighted by Crippen LogP contribution is 2.14. The van der Waals surface area contributed by atoms with E-state index in [0.29, 0.717) is 5.69 Å². The molecule has 2 amide bonds. The van der Waals surface area contributed by atoms with Gasteiger partial charge in [-0.2, -0.15) is 0 Å². The summed E-state index contributed by atoms with van der Waals surface area (Å²) >= 11 is 0. The molecule has 0 aromatic heterocycles. The van der Waals surface area contributed by atoms with Crippen molar-refractivity contribution in [1.29, 1.82) is 0 Å². The number of carbonyl (C=O) groups excluding carboxylic acids is 2. The maximum absolute atomic E-state index is 11.9. The predicted molar refractivity (Wildman–Crippen MR) is 82.6 cm³/mol. The summed E-state index contributed by atoms with van der Waals surface area (Å²) in [6, 6.07) is 5.50. The van der Waals surface area contributed by atoms with Crippen molar-refractivity contribution >= 4 is 27.5 Å². The van der Waals surface area contributed by atoms with E-state index in [1.165, 1.54) is 24.3 Å². The summed E-state index contributed by atoms with van der Waals surface area (Å²) in [4.78, 5) is 22.6. The van der Waals surface area contributed by atoms with Gasteiger partial charge in [0.25, 0.3) is 0 Å². The standard InChI is InChI=1S/C13H20N4O4S/c1-9(2)17-22(20,21)11-5-3-10(4-6-11)16-13(19)8-15-12(18)7-14/h3-6,9,17H,7-8,14H2,1-2H3,(H,15,18)(H,16,19). The fourth-order valence-electron chi connectivity index (χ4n) is 1.55. The second-order valence-corrected chi connectivity index (χ2v) is 6.54. The number of hydrogen-bond donors (Lipinski definition) is 4. The van der Waals surface area contributed by atoms with Crippen LogP contribution < -0.4 is 21.1 Å². The molecule has 1 rings (SSSR count). The Morgan fingerprint density at radius 1 is 1.14 bits per heavy atom. The van der Waals surface area contributed by atoms with Crippen molar-refractivity contribution in [2.75, 3.05) is 18.4 Å². The molecule has 8 nitrogen and oxygen atoms in total. The van der Waals surface area contributed by atoms with Gasteiger partial charge in [-0.1, -0.05) is 0 Å². The third kappa shape index (κ3) is 5.80. The molecule has 1 aromatic carbocycles. The Bertz CT molecular complexity index is 626. The Hall–Kier alpha value is -1.97. The number of sulfonamides is 1. The van der Waals surface area contributed by atoms with Crippen LogP contribution in [-0.4, -0.2) is 39.4 Å². The van der Waals surface area contributed by atoms with Crippen LogP contribution >= 0.6 is 0 Å². The van der Waals surface area contributed by atoms with Crippen molar-refractivity contribution in [1.82, 2.24) is 10.0 Å². The van der Waals surface area contributed by atoms with Gasteiger partial charge in [0.05, 0.1) is 18.0 Å². The van der Waals surface area contributed by atoms with Crippen molar-refractivity contribution < 1.29 is 18.0 Å². The van der Waals surface area contributed by atoms with Crippen LogP contribution in [-0.2, 0) is 19.6 Å². The molecular formula is C13H20N4O4S. The summed E-state index contributed by atoms with van der Waals surface area (Å²) in [5.41, 5.74) is 5.52. The van der Waals surface area contributed by atoms with E-state index >= 15 is 0 Å². The Morgan fingerprint density at radius 3 is 2.23 bits per heavy atom. The van der Waals surface area contributed by atoms with Gasteiger partial charge in [0, 0.05) is 11.7 Å². The normalized spacial score (nSPS) is 11.3. The summed E-state index contributed by atoms with van der Waals surface area (Å²) < 4.78 is 26.3. The van der Waals surface area contributed by atoms with Crippen LogP contribution in [0.2, 0.25) is 0 Å². The third-order valence-corrected chi connectivity index (χ3v) is 4.15. The zero-order valence-electron chi connectivity index (χ0n) is 12.4. The summed E-state index contributed by atoms with van der Waals surface area (Å²) in [7, 11) is -3.56. The van der Waals surface area contributed by atoms with Crippen LogP contribution in [0.1, 0.15) is 13.8 Å². The molecule has 0 fully saturated rings. The highest BCUT2D eigenvalue weighted by molar-refractivity contribution is 7.89. The quantitative estimate of drug-likeness (QED) is 0.530. The van der Waals surface area contributed by atoms with Crippen LogP contribution in [0, 0.1) is 0 Å². The summed E-state index contributed by atoms with van der Waals surface area (Å²) in [5, 5.41) is 4.86. The van der Waals surface area contributed by atoms with Gasteiger partial charge in [0.1, 0.15) is 0 Å². The second kappa shape index (κ2) is 7.87. The van der Waals surface area contributed by atoms with E-state index in [4.69, 9.17) is 5.73 Å². The van der Waals surface area contributed by atoms with Gasteiger partial charge < -0.3 is 16.4 Å². The highest BCUT2D eigenvalue weighted by atomic mass is 32.2. The van der Waals surface area contributed by atoms with Crippen LogP contribution in [0.4, 0.5) is 5.69 Å². The van der Waals surface area contributed by atoms with E-state index in [-0.39, 0.29) is 24.0 Å². The molecular weight excluding hydrogens is 308 g/mol. The maximum Gasteiger partial charge on any atom is 0.243 e. The Labute approximate surface area is 129 Å². The minimum absolute atomic E-state index is 0.107. The third-order valence-electron chi connectivity index (χ3n) is 2.47. The minimum atomic E-state index is -3.56. The fourth-order valence-corrected chi connectivity index (χ4v) is 2.80. The number of benzene rings is 1.